The van der Waals surface area contributed by atoms with Crippen molar-refractivity contribution in [1.29, 1.82) is 0 Å². The summed E-state index contributed by atoms with van der Waals surface area (Å²) in [6, 6.07) is 5.93. The Kier molecular flexibility index (Phi) is 3.95. The number of para-hydroxylation sites is 1. The summed E-state index contributed by atoms with van der Waals surface area (Å²) in [5, 5.41) is 7.53. The van der Waals surface area contributed by atoms with Gasteiger partial charge in [0.05, 0.1) is 18.7 Å². The van der Waals surface area contributed by atoms with E-state index in [1.165, 1.54) is 0 Å². The van der Waals surface area contributed by atoms with Crippen molar-refractivity contribution in [3.05, 3.63) is 35.5 Å². The molecule has 2 aliphatic heterocycles. The molecule has 0 spiro atoms. The van der Waals surface area contributed by atoms with E-state index in [0.29, 0.717) is 18.3 Å². The quantitative estimate of drug-likeness (QED) is 0.917. The Balaban J connectivity index is 1.62. The Morgan fingerprint density at radius 3 is 3.12 bits per heavy atom. The van der Waals surface area contributed by atoms with E-state index in [2.05, 4.69) is 27.4 Å². The number of nitrogens with zero attached hydrogens (tertiary/aromatic N) is 3. The van der Waals surface area contributed by atoms with Gasteiger partial charge in [-0.15, -0.1) is 0 Å². The van der Waals surface area contributed by atoms with Gasteiger partial charge in [0.25, 0.3) is 5.89 Å². The van der Waals surface area contributed by atoms with E-state index in [4.69, 9.17) is 14.0 Å². The number of rotatable bonds is 3. The summed E-state index contributed by atoms with van der Waals surface area (Å²) in [4.78, 5) is 6.82. The van der Waals surface area contributed by atoms with Crippen molar-refractivity contribution in [2.24, 2.45) is 0 Å². The van der Waals surface area contributed by atoms with Crippen molar-refractivity contribution in [2.75, 3.05) is 40.4 Å². The third-order valence-corrected chi connectivity index (χ3v) is 4.46. The van der Waals surface area contributed by atoms with Crippen LogP contribution in [0.2, 0.25) is 0 Å². The Bertz CT molecular complexity index is 771. The van der Waals surface area contributed by atoms with Crippen molar-refractivity contribution in [3.8, 4) is 11.5 Å². The lowest BCUT2D eigenvalue weighted by molar-refractivity contribution is 0.190. The SMILES string of the molecule is COc1cccc2c1OCC(c1nc(C3CNCCN3C)no1)=C2. The van der Waals surface area contributed by atoms with Crippen LogP contribution in [-0.4, -0.2) is 55.4 Å². The summed E-state index contributed by atoms with van der Waals surface area (Å²) < 4.78 is 16.7. The maximum Gasteiger partial charge on any atom is 0.257 e. The maximum atomic E-state index is 5.84. The summed E-state index contributed by atoms with van der Waals surface area (Å²) in [6.45, 7) is 3.15. The van der Waals surface area contributed by atoms with Gasteiger partial charge in [-0.25, -0.2) is 0 Å². The van der Waals surface area contributed by atoms with Crippen LogP contribution in [0.3, 0.4) is 0 Å². The molecule has 0 radical (unpaired) electrons. The molecule has 1 fully saturated rings. The first-order valence-corrected chi connectivity index (χ1v) is 8.01. The van der Waals surface area contributed by atoms with Crippen molar-refractivity contribution >= 4 is 11.6 Å². The van der Waals surface area contributed by atoms with E-state index < -0.39 is 0 Å². The molecule has 1 unspecified atom stereocenters. The maximum absolute atomic E-state index is 5.84. The number of hydrogen-bond acceptors (Lipinski definition) is 7. The molecule has 2 aromatic rings. The van der Waals surface area contributed by atoms with Crippen LogP contribution < -0.4 is 14.8 Å². The molecule has 126 valence electrons. The molecule has 7 nitrogen and oxygen atoms in total. The number of benzene rings is 1. The second-order valence-corrected chi connectivity index (χ2v) is 6.00. The summed E-state index contributed by atoms with van der Waals surface area (Å²) in [7, 11) is 3.71. The second kappa shape index (κ2) is 6.26. The summed E-state index contributed by atoms with van der Waals surface area (Å²) in [6.07, 6.45) is 2.02. The van der Waals surface area contributed by atoms with E-state index in [9.17, 15) is 0 Å². The molecule has 1 aromatic heterocycles. The first-order chi connectivity index (χ1) is 11.8. The van der Waals surface area contributed by atoms with Gasteiger partial charge in [0.1, 0.15) is 6.61 Å². The number of likely N-dealkylation sites (N-methyl/N-ethyl adjacent to an activating group) is 1. The number of aromatic nitrogens is 2. The molecule has 1 atom stereocenters. The highest BCUT2D eigenvalue weighted by Crippen LogP contribution is 2.37. The zero-order valence-electron chi connectivity index (χ0n) is 13.8. The van der Waals surface area contributed by atoms with Crippen LogP contribution in [-0.2, 0) is 0 Å². The van der Waals surface area contributed by atoms with Gasteiger partial charge < -0.3 is 19.3 Å². The topological polar surface area (TPSA) is 72.7 Å². The molecular formula is C17H20N4O3. The molecule has 3 heterocycles. The van der Waals surface area contributed by atoms with Gasteiger partial charge in [0, 0.05) is 25.2 Å². The number of hydrogen-bond donors (Lipinski definition) is 1. The minimum atomic E-state index is 0.133. The van der Waals surface area contributed by atoms with E-state index in [0.717, 1.165) is 42.3 Å². The van der Waals surface area contributed by atoms with E-state index in [-0.39, 0.29) is 6.04 Å². The third-order valence-electron chi connectivity index (χ3n) is 4.46. The lowest BCUT2D eigenvalue weighted by Crippen LogP contribution is -2.44. The second-order valence-electron chi connectivity index (χ2n) is 6.00. The van der Waals surface area contributed by atoms with Crippen LogP contribution in [0.1, 0.15) is 23.3 Å². The Morgan fingerprint density at radius 2 is 2.29 bits per heavy atom. The zero-order valence-corrected chi connectivity index (χ0v) is 13.8. The minimum Gasteiger partial charge on any atom is -0.493 e. The van der Waals surface area contributed by atoms with Crippen LogP contribution >= 0.6 is 0 Å². The predicted molar refractivity (Wildman–Crippen MR) is 88.9 cm³/mol. The highest BCUT2D eigenvalue weighted by atomic mass is 16.5. The Morgan fingerprint density at radius 1 is 1.38 bits per heavy atom. The van der Waals surface area contributed by atoms with Gasteiger partial charge in [-0.2, -0.15) is 4.98 Å². The smallest absolute Gasteiger partial charge is 0.257 e. The molecule has 7 heteroatoms. The number of piperazine rings is 1. The fourth-order valence-corrected chi connectivity index (χ4v) is 3.06. The van der Waals surface area contributed by atoms with Crippen LogP contribution in [0.25, 0.3) is 11.6 Å². The van der Waals surface area contributed by atoms with E-state index in [1.54, 1.807) is 7.11 Å². The normalized spacial score (nSPS) is 20.9. The van der Waals surface area contributed by atoms with Gasteiger partial charge in [0.15, 0.2) is 17.3 Å². The molecule has 0 amide bonds. The highest BCUT2D eigenvalue weighted by molar-refractivity contribution is 5.83. The zero-order chi connectivity index (χ0) is 16.5. The average Bonchev–Trinajstić information content (AvgIpc) is 3.11. The predicted octanol–water partition coefficient (Wildman–Crippen LogP) is 1.59. The first kappa shape index (κ1) is 15.2. The number of fused-ring (bicyclic) bond motifs is 1. The van der Waals surface area contributed by atoms with Crippen LogP contribution in [0.4, 0.5) is 0 Å². The lowest BCUT2D eigenvalue weighted by Gasteiger charge is -2.30. The van der Waals surface area contributed by atoms with E-state index in [1.807, 2.05) is 24.3 Å². The van der Waals surface area contributed by atoms with Crippen molar-refractivity contribution in [3.63, 3.8) is 0 Å². The fourth-order valence-electron chi connectivity index (χ4n) is 3.06. The molecule has 2 aliphatic rings. The molecule has 0 saturated carbocycles. The molecule has 4 rings (SSSR count). The average molecular weight is 328 g/mol. The third kappa shape index (κ3) is 2.65. The van der Waals surface area contributed by atoms with E-state index >= 15 is 0 Å². The summed E-state index contributed by atoms with van der Waals surface area (Å²) in [5.41, 5.74) is 1.83. The first-order valence-electron chi connectivity index (χ1n) is 8.01. The van der Waals surface area contributed by atoms with Crippen molar-refractivity contribution < 1.29 is 14.0 Å². The van der Waals surface area contributed by atoms with Crippen LogP contribution in [0, 0.1) is 0 Å². The van der Waals surface area contributed by atoms with Gasteiger partial charge in [-0.3, -0.25) is 4.90 Å². The number of methoxy groups -OCH3 is 1. The monoisotopic (exact) mass is 328 g/mol. The van der Waals surface area contributed by atoms with Gasteiger partial charge in [-0.1, -0.05) is 17.3 Å². The Hall–Kier alpha value is -2.38. The standard InChI is InChI=1S/C17H20N4O3/c1-21-7-6-18-9-13(21)16-19-17(24-20-16)12-8-11-4-3-5-14(22-2)15(11)23-10-12/h3-5,8,13,18H,6-7,9-10H2,1-2H3. The van der Waals surface area contributed by atoms with Gasteiger partial charge >= 0.3 is 0 Å². The minimum absolute atomic E-state index is 0.133. The van der Waals surface area contributed by atoms with Crippen molar-refractivity contribution in [1.82, 2.24) is 20.4 Å². The lowest BCUT2D eigenvalue weighted by atomic mass is 10.1. The summed E-state index contributed by atoms with van der Waals surface area (Å²) in [5.74, 6) is 2.69. The van der Waals surface area contributed by atoms with Gasteiger partial charge in [0.2, 0.25) is 0 Å². The molecule has 0 aliphatic carbocycles. The fraction of sp³-hybridized carbons (Fsp3) is 0.412. The van der Waals surface area contributed by atoms with Crippen molar-refractivity contribution in [2.45, 2.75) is 6.04 Å². The largest absolute Gasteiger partial charge is 0.493 e. The molecule has 1 aromatic carbocycles. The van der Waals surface area contributed by atoms with Crippen LogP contribution in [0.15, 0.2) is 22.7 Å². The summed E-state index contributed by atoms with van der Waals surface area (Å²) >= 11 is 0. The molecular weight excluding hydrogens is 308 g/mol. The number of ether oxygens (including phenoxy) is 2. The Labute approximate surface area is 140 Å². The van der Waals surface area contributed by atoms with Crippen LogP contribution in [0.5, 0.6) is 11.5 Å². The van der Waals surface area contributed by atoms with Gasteiger partial charge in [-0.05, 0) is 19.2 Å². The molecule has 1 N–H and O–H groups in total. The molecule has 1 saturated heterocycles. The molecule has 24 heavy (non-hydrogen) atoms. The molecule has 0 bridgehead atoms. The number of nitrogens with one attached hydrogen (secondary N) is 1. The highest BCUT2D eigenvalue weighted by Gasteiger charge is 2.27.